The molecule has 28 heavy (non-hydrogen) atoms. The van der Waals surface area contributed by atoms with Crippen LogP contribution in [0.4, 0.5) is 5.69 Å². The molecule has 148 valence electrons. The van der Waals surface area contributed by atoms with Crippen LogP contribution in [0.3, 0.4) is 0 Å². The fourth-order valence-electron chi connectivity index (χ4n) is 3.71. The van der Waals surface area contributed by atoms with Crippen LogP contribution in [0.25, 0.3) is 10.9 Å². The number of methoxy groups -OCH3 is 1. The normalized spacial score (nSPS) is 16.4. The number of hydrogen-bond acceptors (Lipinski definition) is 5. The van der Waals surface area contributed by atoms with Crippen LogP contribution >= 0.6 is 0 Å². The molecule has 6 nitrogen and oxygen atoms in total. The van der Waals surface area contributed by atoms with Crippen LogP contribution in [-0.4, -0.2) is 50.6 Å². The van der Waals surface area contributed by atoms with Crippen LogP contribution in [0.1, 0.15) is 12.8 Å². The monoisotopic (exact) mass is 399 g/mol. The van der Waals surface area contributed by atoms with Crippen LogP contribution in [0.5, 0.6) is 5.75 Å². The molecule has 0 saturated carbocycles. The minimum absolute atomic E-state index is 0.241. The fraction of sp³-hybridized carbons (Fsp3) is 0.333. The zero-order chi connectivity index (χ0) is 19.7. The molecule has 2 heterocycles. The third kappa shape index (κ3) is 3.47. The van der Waals surface area contributed by atoms with Crippen molar-refractivity contribution in [3.63, 3.8) is 0 Å². The number of fused-ring (bicyclic) bond motifs is 1. The minimum Gasteiger partial charge on any atom is -0.495 e. The molecule has 0 unspecified atom stereocenters. The molecule has 1 aromatic heterocycles. The first-order valence-corrected chi connectivity index (χ1v) is 10.9. The first-order chi connectivity index (χ1) is 13.5. The molecule has 0 aliphatic carbocycles. The second kappa shape index (κ2) is 7.48. The smallest absolute Gasteiger partial charge is 0.268 e. The van der Waals surface area contributed by atoms with Crippen molar-refractivity contribution >= 4 is 26.6 Å². The van der Waals surface area contributed by atoms with Gasteiger partial charge in [-0.3, -0.25) is 0 Å². The Balaban J connectivity index is 1.69. The highest BCUT2D eigenvalue weighted by Crippen LogP contribution is 2.31. The molecule has 0 radical (unpaired) electrons. The van der Waals surface area contributed by atoms with Gasteiger partial charge < -0.3 is 15.0 Å². The van der Waals surface area contributed by atoms with Crippen molar-refractivity contribution in [1.29, 1.82) is 0 Å². The molecule has 1 N–H and O–H groups in total. The van der Waals surface area contributed by atoms with Crippen molar-refractivity contribution in [3.8, 4) is 5.75 Å². The quantitative estimate of drug-likeness (QED) is 0.713. The topological polar surface area (TPSA) is 63.6 Å². The summed E-state index contributed by atoms with van der Waals surface area (Å²) in [4.78, 5) is 2.54. The van der Waals surface area contributed by atoms with E-state index in [0.29, 0.717) is 17.3 Å². The van der Waals surface area contributed by atoms with Gasteiger partial charge in [-0.2, -0.15) is 0 Å². The standard InChI is InChI=1S/C21H25N3O3S/c1-23-12-10-17(11-13-23)22-19-15-18(7-8-21(19)27-2)28(25,26)24-14-9-16-5-3-4-6-20(16)24/h3-9,14-15,17,22H,10-13H2,1-2H3. The Morgan fingerprint density at radius 3 is 2.57 bits per heavy atom. The van der Waals surface area contributed by atoms with Gasteiger partial charge in [0.1, 0.15) is 5.75 Å². The van der Waals surface area contributed by atoms with Gasteiger partial charge in [0.2, 0.25) is 0 Å². The van der Waals surface area contributed by atoms with E-state index in [4.69, 9.17) is 4.74 Å². The molecule has 0 bridgehead atoms. The Bertz CT molecular complexity index is 1080. The highest BCUT2D eigenvalue weighted by atomic mass is 32.2. The third-order valence-corrected chi connectivity index (χ3v) is 7.06. The predicted molar refractivity (Wildman–Crippen MR) is 112 cm³/mol. The molecule has 1 aliphatic heterocycles. The van der Waals surface area contributed by atoms with Crippen molar-refractivity contribution in [2.75, 3.05) is 32.6 Å². The number of ether oxygens (including phenoxy) is 1. The second-order valence-electron chi connectivity index (χ2n) is 7.26. The minimum atomic E-state index is -3.71. The van der Waals surface area contributed by atoms with Gasteiger partial charge in [-0.1, -0.05) is 18.2 Å². The molecule has 0 amide bonds. The summed E-state index contributed by atoms with van der Waals surface area (Å²) in [6.07, 6.45) is 3.63. The number of anilines is 1. The Morgan fingerprint density at radius 2 is 1.82 bits per heavy atom. The molecule has 1 saturated heterocycles. The van der Waals surface area contributed by atoms with Crippen molar-refractivity contribution in [2.24, 2.45) is 0 Å². The van der Waals surface area contributed by atoms with Crippen LogP contribution in [0.2, 0.25) is 0 Å². The van der Waals surface area contributed by atoms with Gasteiger partial charge in [-0.25, -0.2) is 12.4 Å². The summed E-state index contributed by atoms with van der Waals surface area (Å²) in [6.45, 7) is 2.04. The lowest BCUT2D eigenvalue weighted by molar-refractivity contribution is 0.263. The van der Waals surface area contributed by atoms with E-state index in [1.165, 1.54) is 3.97 Å². The third-order valence-electron chi connectivity index (χ3n) is 5.37. The van der Waals surface area contributed by atoms with E-state index >= 15 is 0 Å². The summed E-state index contributed by atoms with van der Waals surface area (Å²) < 4.78 is 33.4. The average molecular weight is 400 g/mol. The van der Waals surface area contributed by atoms with Crippen LogP contribution < -0.4 is 10.1 Å². The first kappa shape index (κ1) is 18.8. The van der Waals surface area contributed by atoms with Gasteiger partial charge in [-0.15, -0.1) is 0 Å². The van der Waals surface area contributed by atoms with E-state index in [0.717, 1.165) is 37.0 Å². The number of nitrogens with zero attached hydrogens (tertiary/aromatic N) is 2. The second-order valence-corrected chi connectivity index (χ2v) is 9.07. The highest BCUT2D eigenvalue weighted by molar-refractivity contribution is 7.90. The molecule has 1 aliphatic rings. The molecule has 3 aromatic rings. The van der Waals surface area contributed by atoms with Gasteiger partial charge in [0.05, 0.1) is 23.2 Å². The maximum Gasteiger partial charge on any atom is 0.268 e. The number of piperidine rings is 1. The van der Waals surface area contributed by atoms with E-state index in [9.17, 15) is 8.42 Å². The van der Waals surface area contributed by atoms with Crippen molar-refractivity contribution < 1.29 is 13.2 Å². The molecule has 1 fully saturated rings. The predicted octanol–water partition coefficient (Wildman–Crippen LogP) is 3.39. The van der Waals surface area contributed by atoms with Crippen molar-refractivity contribution in [3.05, 3.63) is 54.7 Å². The summed E-state index contributed by atoms with van der Waals surface area (Å²) in [5, 5.41) is 4.38. The van der Waals surface area contributed by atoms with E-state index < -0.39 is 10.0 Å². The van der Waals surface area contributed by atoms with Crippen LogP contribution in [-0.2, 0) is 10.0 Å². The van der Waals surface area contributed by atoms with E-state index in [-0.39, 0.29) is 4.90 Å². The number of aromatic nitrogens is 1. The van der Waals surface area contributed by atoms with Crippen molar-refractivity contribution in [1.82, 2.24) is 8.87 Å². The molecular weight excluding hydrogens is 374 g/mol. The lowest BCUT2D eigenvalue weighted by atomic mass is 10.1. The zero-order valence-electron chi connectivity index (χ0n) is 16.1. The summed E-state index contributed by atoms with van der Waals surface area (Å²) >= 11 is 0. The van der Waals surface area contributed by atoms with E-state index in [1.54, 1.807) is 31.5 Å². The zero-order valence-corrected chi connectivity index (χ0v) is 16.9. The lowest BCUT2D eigenvalue weighted by Crippen LogP contribution is -2.36. The largest absolute Gasteiger partial charge is 0.495 e. The molecule has 0 atom stereocenters. The SMILES string of the molecule is COc1ccc(S(=O)(=O)n2ccc3ccccc32)cc1NC1CCN(C)CC1. The highest BCUT2D eigenvalue weighted by Gasteiger charge is 2.22. The summed E-state index contributed by atoms with van der Waals surface area (Å²) in [6, 6.07) is 14.6. The number of nitrogens with one attached hydrogen (secondary N) is 1. The average Bonchev–Trinajstić information content (AvgIpc) is 3.14. The number of benzene rings is 2. The van der Waals surface area contributed by atoms with Crippen LogP contribution in [0, 0.1) is 0 Å². The number of rotatable bonds is 5. The summed E-state index contributed by atoms with van der Waals surface area (Å²) in [5.74, 6) is 0.648. The molecule has 7 heteroatoms. The molecular formula is C21H25N3O3S. The number of para-hydroxylation sites is 1. The summed E-state index contributed by atoms with van der Waals surface area (Å²) in [7, 11) is 0.0100. The molecule has 0 spiro atoms. The van der Waals surface area contributed by atoms with Gasteiger partial charge in [-0.05, 0) is 63.3 Å². The lowest BCUT2D eigenvalue weighted by Gasteiger charge is -2.30. The molecule has 2 aromatic carbocycles. The first-order valence-electron chi connectivity index (χ1n) is 9.44. The Morgan fingerprint density at radius 1 is 1.07 bits per heavy atom. The Hall–Kier alpha value is -2.51. The Kier molecular flexibility index (Phi) is 5.03. The maximum atomic E-state index is 13.3. The maximum absolute atomic E-state index is 13.3. The Labute approximate surface area is 165 Å². The van der Waals surface area contributed by atoms with E-state index in [1.807, 2.05) is 30.3 Å². The van der Waals surface area contributed by atoms with Crippen LogP contribution in [0.15, 0.2) is 59.6 Å². The van der Waals surface area contributed by atoms with Gasteiger partial charge >= 0.3 is 0 Å². The number of hydrogen-bond donors (Lipinski definition) is 1. The van der Waals surface area contributed by atoms with Gasteiger partial charge in [0.15, 0.2) is 0 Å². The van der Waals surface area contributed by atoms with Gasteiger partial charge in [0.25, 0.3) is 10.0 Å². The van der Waals surface area contributed by atoms with Gasteiger partial charge in [0, 0.05) is 17.6 Å². The van der Waals surface area contributed by atoms with Crippen molar-refractivity contribution in [2.45, 2.75) is 23.8 Å². The fourth-order valence-corrected chi connectivity index (χ4v) is 5.09. The van der Waals surface area contributed by atoms with E-state index in [2.05, 4.69) is 17.3 Å². The number of likely N-dealkylation sites (tertiary alicyclic amines) is 1. The molecule has 4 rings (SSSR count). The summed E-state index contributed by atoms with van der Waals surface area (Å²) in [5.41, 5.74) is 1.39.